The van der Waals surface area contributed by atoms with E-state index in [1.54, 1.807) is 0 Å². The largest absolute Gasteiger partial charge is 0.377 e. The molecule has 0 bridgehead atoms. The van der Waals surface area contributed by atoms with Gasteiger partial charge in [-0.05, 0) is 43.5 Å². The van der Waals surface area contributed by atoms with Crippen molar-refractivity contribution in [3.63, 3.8) is 0 Å². The fourth-order valence-electron chi connectivity index (χ4n) is 1.70. The number of aryl methyl sites for hydroxylation is 1. The molecular weight excluding hydrogens is 212 g/mol. The lowest BCUT2D eigenvalue weighted by atomic mass is 10.1. The smallest absolute Gasteiger partial charge is 0.0696 e. The van der Waals surface area contributed by atoms with Crippen molar-refractivity contribution in [2.75, 3.05) is 19.7 Å². The van der Waals surface area contributed by atoms with E-state index in [0.29, 0.717) is 6.10 Å². The fraction of sp³-hybridized carbons (Fsp3) is 0.643. The van der Waals surface area contributed by atoms with Gasteiger partial charge in [0, 0.05) is 25.5 Å². The minimum Gasteiger partial charge on any atom is -0.377 e. The van der Waals surface area contributed by atoms with Crippen molar-refractivity contribution in [3.8, 4) is 0 Å². The number of rotatable bonds is 9. The first-order chi connectivity index (χ1) is 8.36. The van der Waals surface area contributed by atoms with Gasteiger partial charge in [0.05, 0.1) is 6.10 Å². The van der Waals surface area contributed by atoms with E-state index >= 15 is 0 Å². The van der Waals surface area contributed by atoms with Gasteiger partial charge in [0.1, 0.15) is 0 Å². The first-order valence-electron chi connectivity index (χ1n) is 6.58. The minimum absolute atomic E-state index is 0.354. The summed E-state index contributed by atoms with van der Waals surface area (Å²) in [5.41, 5.74) is 1.34. The third kappa shape index (κ3) is 6.39. The molecule has 0 saturated carbocycles. The molecule has 0 aliphatic carbocycles. The Morgan fingerprint density at radius 3 is 2.71 bits per heavy atom. The van der Waals surface area contributed by atoms with E-state index in [0.717, 1.165) is 39.0 Å². The van der Waals surface area contributed by atoms with Crippen molar-refractivity contribution in [2.45, 2.75) is 39.2 Å². The number of pyridine rings is 1. The van der Waals surface area contributed by atoms with E-state index in [1.165, 1.54) is 5.56 Å². The molecule has 1 aromatic rings. The van der Waals surface area contributed by atoms with Gasteiger partial charge in [-0.1, -0.05) is 13.8 Å². The Kier molecular flexibility index (Phi) is 7.60. The molecule has 0 spiro atoms. The van der Waals surface area contributed by atoms with E-state index in [-0.39, 0.29) is 0 Å². The molecule has 1 N–H and O–H groups in total. The first-order valence-corrected chi connectivity index (χ1v) is 6.58. The van der Waals surface area contributed by atoms with Crippen molar-refractivity contribution in [1.29, 1.82) is 0 Å². The van der Waals surface area contributed by atoms with Crippen LogP contribution >= 0.6 is 0 Å². The lowest BCUT2D eigenvalue weighted by Gasteiger charge is -2.16. The Morgan fingerprint density at radius 2 is 2.06 bits per heavy atom. The monoisotopic (exact) mass is 236 g/mol. The normalized spacial score (nSPS) is 12.6. The second kappa shape index (κ2) is 9.14. The van der Waals surface area contributed by atoms with Crippen LogP contribution < -0.4 is 5.32 Å². The molecule has 3 heteroatoms. The summed E-state index contributed by atoms with van der Waals surface area (Å²) in [6.45, 7) is 7.10. The van der Waals surface area contributed by atoms with Gasteiger partial charge in [-0.15, -0.1) is 0 Å². The number of likely N-dealkylation sites (N-methyl/N-ethyl adjacent to an activating group) is 1. The summed E-state index contributed by atoms with van der Waals surface area (Å²) in [5, 5.41) is 3.32. The summed E-state index contributed by atoms with van der Waals surface area (Å²) in [6, 6.07) is 4.13. The Labute approximate surface area is 105 Å². The predicted octanol–water partition coefficient (Wildman–Crippen LogP) is 2.42. The van der Waals surface area contributed by atoms with Gasteiger partial charge < -0.3 is 10.1 Å². The summed E-state index contributed by atoms with van der Waals surface area (Å²) in [5.74, 6) is 0. The SMILES string of the molecule is CCNCC(CC)OCCCc1ccncc1. The van der Waals surface area contributed by atoms with Crippen LogP contribution in [0.15, 0.2) is 24.5 Å². The van der Waals surface area contributed by atoms with E-state index < -0.39 is 0 Å². The molecule has 0 saturated heterocycles. The van der Waals surface area contributed by atoms with Gasteiger partial charge >= 0.3 is 0 Å². The van der Waals surface area contributed by atoms with E-state index in [4.69, 9.17) is 4.74 Å². The number of nitrogens with zero attached hydrogens (tertiary/aromatic N) is 1. The maximum Gasteiger partial charge on any atom is 0.0696 e. The van der Waals surface area contributed by atoms with Crippen molar-refractivity contribution in [1.82, 2.24) is 10.3 Å². The van der Waals surface area contributed by atoms with Crippen LogP contribution in [0.25, 0.3) is 0 Å². The number of hydrogen-bond acceptors (Lipinski definition) is 3. The van der Waals surface area contributed by atoms with Crippen molar-refractivity contribution >= 4 is 0 Å². The number of aromatic nitrogens is 1. The molecule has 1 rings (SSSR count). The number of ether oxygens (including phenoxy) is 1. The van der Waals surface area contributed by atoms with E-state index in [1.807, 2.05) is 12.4 Å². The average Bonchev–Trinajstić information content (AvgIpc) is 2.39. The van der Waals surface area contributed by atoms with Crippen molar-refractivity contribution in [3.05, 3.63) is 30.1 Å². The van der Waals surface area contributed by atoms with Crippen LogP contribution in [0.1, 0.15) is 32.3 Å². The lowest BCUT2D eigenvalue weighted by Crippen LogP contribution is -2.28. The topological polar surface area (TPSA) is 34.1 Å². The van der Waals surface area contributed by atoms with Crippen LogP contribution in [0.2, 0.25) is 0 Å². The Hall–Kier alpha value is -0.930. The van der Waals surface area contributed by atoms with Gasteiger partial charge in [-0.3, -0.25) is 4.98 Å². The van der Waals surface area contributed by atoms with Crippen molar-refractivity contribution < 1.29 is 4.74 Å². The van der Waals surface area contributed by atoms with Crippen LogP contribution in [0.5, 0.6) is 0 Å². The highest BCUT2D eigenvalue weighted by atomic mass is 16.5. The molecule has 0 aromatic carbocycles. The third-order valence-electron chi connectivity index (χ3n) is 2.79. The average molecular weight is 236 g/mol. The highest BCUT2D eigenvalue weighted by molar-refractivity contribution is 5.09. The Morgan fingerprint density at radius 1 is 1.29 bits per heavy atom. The molecule has 96 valence electrons. The van der Waals surface area contributed by atoms with Crippen LogP contribution in [0.4, 0.5) is 0 Å². The summed E-state index contributed by atoms with van der Waals surface area (Å²) in [7, 11) is 0. The van der Waals surface area contributed by atoms with Gasteiger partial charge in [0.15, 0.2) is 0 Å². The van der Waals surface area contributed by atoms with E-state index in [9.17, 15) is 0 Å². The second-order valence-corrected chi connectivity index (χ2v) is 4.17. The lowest BCUT2D eigenvalue weighted by molar-refractivity contribution is 0.0497. The summed E-state index contributed by atoms with van der Waals surface area (Å²) >= 11 is 0. The molecular formula is C14H24N2O. The highest BCUT2D eigenvalue weighted by Crippen LogP contribution is 2.03. The summed E-state index contributed by atoms with van der Waals surface area (Å²) in [4.78, 5) is 4.01. The van der Waals surface area contributed by atoms with Crippen molar-refractivity contribution in [2.24, 2.45) is 0 Å². The first kappa shape index (κ1) is 14.1. The number of hydrogen-bond donors (Lipinski definition) is 1. The molecule has 0 aliphatic rings. The third-order valence-corrected chi connectivity index (χ3v) is 2.79. The Bertz CT molecular complexity index is 277. The van der Waals surface area contributed by atoms with Gasteiger partial charge in [-0.25, -0.2) is 0 Å². The highest BCUT2D eigenvalue weighted by Gasteiger charge is 2.04. The minimum atomic E-state index is 0.354. The van der Waals surface area contributed by atoms with E-state index in [2.05, 4.69) is 36.3 Å². The predicted molar refractivity (Wildman–Crippen MR) is 71.1 cm³/mol. The molecule has 0 amide bonds. The zero-order valence-corrected chi connectivity index (χ0v) is 11.0. The quantitative estimate of drug-likeness (QED) is 0.669. The summed E-state index contributed by atoms with van der Waals surface area (Å²) < 4.78 is 5.84. The molecule has 17 heavy (non-hydrogen) atoms. The zero-order chi connectivity index (χ0) is 12.3. The fourth-order valence-corrected chi connectivity index (χ4v) is 1.70. The number of nitrogens with one attached hydrogen (secondary N) is 1. The summed E-state index contributed by atoms with van der Waals surface area (Å²) in [6.07, 6.45) is 7.26. The van der Waals surface area contributed by atoms with Crippen LogP contribution in [0, 0.1) is 0 Å². The second-order valence-electron chi connectivity index (χ2n) is 4.17. The maximum absolute atomic E-state index is 5.84. The van der Waals surface area contributed by atoms with Gasteiger partial charge in [0.2, 0.25) is 0 Å². The van der Waals surface area contributed by atoms with Gasteiger partial charge in [0.25, 0.3) is 0 Å². The molecule has 1 unspecified atom stereocenters. The van der Waals surface area contributed by atoms with Crippen LogP contribution in [0.3, 0.4) is 0 Å². The zero-order valence-electron chi connectivity index (χ0n) is 11.0. The van der Waals surface area contributed by atoms with Crippen LogP contribution in [-0.2, 0) is 11.2 Å². The Balaban J connectivity index is 2.10. The molecule has 0 fully saturated rings. The van der Waals surface area contributed by atoms with Crippen LogP contribution in [-0.4, -0.2) is 30.8 Å². The molecule has 0 radical (unpaired) electrons. The molecule has 1 heterocycles. The molecule has 1 aromatic heterocycles. The standard InChI is InChI=1S/C14H24N2O/c1-3-14(12-15-4-2)17-11-5-6-13-7-9-16-10-8-13/h7-10,14-15H,3-6,11-12H2,1-2H3. The molecule has 3 nitrogen and oxygen atoms in total. The van der Waals surface area contributed by atoms with Gasteiger partial charge in [-0.2, -0.15) is 0 Å². The molecule has 0 aliphatic heterocycles. The maximum atomic E-state index is 5.84. The molecule has 1 atom stereocenters.